The van der Waals surface area contributed by atoms with Crippen LogP contribution in [-0.4, -0.2) is 62.3 Å². The molecule has 0 aliphatic carbocycles. The van der Waals surface area contributed by atoms with E-state index in [1.165, 1.54) is 0 Å². The predicted octanol–water partition coefficient (Wildman–Crippen LogP) is 0.111. The molecule has 1 aromatic carbocycles. The van der Waals surface area contributed by atoms with Gasteiger partial charge in [-0.15, -0.1) is 0 Å². The van der Waals surface area contributed by atoms with E-state index in [0.29, 0.717) is 37.7 Å². The highest BCUT2D eigenvalue weighted by Crippen LogP contribution is 2.31. The Labute approximate surface area is 134 Å². The number of carbonyl (C=O) groups is 1. The maximum absolute atomic E-state index is 12.3. The minimum Gasteiger partial charge on any atom is -0.485 e. The largest absolute Gasteiger partial charge is 0.485 e. The fourth-order valence-electron chi connectivity index (χ4n) is 2.67. The number of hydrogen-bond acceptors (Lipinski definition) is 6. The molecule has 2 heterocycles. The lowest BCUT2D eigenvalue weighted by Crippen LogP contribution is -2.51. The summed E-state index contributed by atoms with van der Waals surface area (Å²) in [4.78, 5) is 12.3. The van der Waals surface area contributed by atoms with Gasteiger partial charge in [0.1, 0.15) is 12.2 Å². The molecular weight excluding hydrogens is 302 g/mol. The normalized spacial score (nSPS) is 26.0. The molecule has 2 aliphatic heterocycles. The zero-order valence-electron chi connectivity index (χ0n) is 12.8. The monoisotopic (exact) mass is 323 g/mol. The summed E-state index contributed by atoms with van der Waals surface area (Å²) in [6.07, 6.45) is -0.0138. The van der Waals surface area contributed by atoms with Gasteiger partial charge in [-0.3, -0.25) is 4.79 Å². The molecule has 0 aromatic heterocycles. The van der Waals surface area contributed by atoms with Crippen molar-refractivity contribution in [3.63, 3.8) is 0 Å². The van der Waals surface area contributed by atoms with Crippen LogP contribution in [0, 0.1) is 0 Å². The molecule has 0 bridgehead atoms. The van der Waals surface area contributed by atoms with Crippen LogP contribution in [0.3, 0.4) is 0 Å². The lowest BCUT2D eigenvalue weighted by Gasteiger charge is -2.30. The number of fused-ring (bicyclic) bond motifs is 1. The average Bonchev–Trinajstić information content (AvgIpc) is 3.07. The average molecular weight is 323 g/mol. The number of aliphatic hydroxyl groups excluding tert-OH is 1. The van der Waals surface area contributed by atoms with Crippen LogP contribution in [0.4, 0.5) is 0 Å². The summed E-state index contributed by atoms with van der Waals surface area (Å²) in [5.74, 6) is 0.955. The number of rotatable bonds is 6. The predicted molar refractivity (Wildman–Crippen MR) is 80.6 cm³/mol. The van der Waals surface area contributed by atoms with Gasteiger partial charge in [0.25, 0.3) is 5.91 Å². The molecule has 2 atom stereocenters. The first kappa shape index (κ1) is 16.0. The van der Waals surface area contributed by atoms with E-state index < -0.39 is 11.7 Å². The first-order valence-corrected chi connectivity index (χ1v) is 7.71. The molecule has 0 spiro atoms. The van der Waals surface area contributed by atoms with E-state index >= 15 is 0 Å². The number of benzene rings is 1. The Balaban J connectivity index is 1.55. The van der Waals surface area contributed by atoms with Gasteiger partial charge in [-0.1, -0.05) is 12.1 Å². The summed E-state index contributed by atoms with van der Waals surface area (Å²) < 4.78 is 22.3. The van der Waals surface area contributed by atoms with Crippen LogP contribution in [-0.2, 0) is 14.3 Å². The molecule has 1 amide bonds. The Morgan fingerprint density at radius 3 is 2.96 bits per heavy atom. The Bertz CT molecular complexity index is 543. The third-order valence-corrected chi connectivity index (χ3v) is 3.95. The van der Waals surface area contributed by atoms with Crippen LogP contribution in [0.15, 0.2) is 24.3 Å². The van der Waals surface area contributed by atoms with Crippen molar-refractivity contribution in [3.8, 4) is 11.5 Å². The zero-order chi connectivity index (χ0) is 16.1. The van der Waals surface area contributed by atoms with Crippen molar-refractivity contribution in [1.29, 1.82) is 0 Å². The molecule has 0 radical (unpaired) electrons. The first-order valence-electron chi connectivity index (χ1n) is 7.71. The van der Waals surface area contributed by atoms with Crippen LogP contribution >= 0.6 is 0 Å². The second-order valence-electron chi connectivity index (χ2n) is 5.64. The number of ether oxygens (including phenoxy) is 4. The van der Waals surface area contributed by atoms with Crippen LogP contribution < -0.4 is 14.8 Å². The highest BCUT2D eigenvalue weighted by Gasteiger charge is 2.37. The van der Waals surface area contributed by atoms with Crippen LogP contribution in [0.25, 0.3) is 0 Å². The highest BCUT2D eigenvalue weighted by atomic mass is 16.6. The lowest BCUT2D eigenvalue weighted by atomic mass is 10.0. The lowest BCUT2D eigenvalue weighted by molar-refractivity contribution is -0.132. The van der Waals surface area contributed by atoms with E-state index in [9.17, 15) is 4.79 Å². The number of aliphatic hydroxyl groups is 1. The molecule has 23 heavy (non-hydrogen) atoms. The van der Waals surface area contributed by atoms with Crippen molar-refractivity contribution >= 4 is 5.91 Å². The SMILES string of the molecule is O=C(NCC1(OCCO)CCOC1)C1COc2ccccc2O1. The van der Waals surface area contributed by atoms with Crippen LogP contribution in [0.2, 0.25) is 0 Å². The van der Waals surface area contributed by atoms with Gasteiger partial charge in [0.05, 0.1) is 19.8 Å². The molecule has 2 unspecified atom stereocenters. The van der Waals surface area contributed by atoms with Crippen molar-refractivity contribution in [3.05, 3.63) is 24.3 Å². The summed E-state index contributed by atoms with van der Waals surface area (Å²) in [5, 5.41) is 11.8. The van der Waals surface area contributed by atoms with Gasteiger partial charge >= 0.3 is 0 Å². The van der Waals surface area contributed by atoms with Gasteiger partial charge in [0, 0.05) is 19.6 Å². The molecule has 126 valence electrons. The highest BCUT2D eigenvalue weighted by molar-refractivity contribution is 5.81. The molecule has 2 N–H and O–H groups in total. The molecule has 7 heteroatoms. The van der Waals surface area contributed by atoms with Gasteiger partial charge < -0.3 is 29.4 Å². The van der Waals surface area contributed by atoms with Gasteiger partial charge in [0.2, 0.25) is 6.10 Å². The Kier molecular flexibility index (Phi) is 5.00. The minimum atomic E-state index is -0.692. The van der Waals surface area contributed by atoms with E-state index in [2.05, 4.69) is 5.32 Å². The van der Waals surface area contributed by atoms with E-state index in [-0.39, 0.29) is 25.7 Å². The summed E-state index contributed by atoms with van der Waals surface area (Å²) in [6, 6.07) is 7.25. The topological polar surface area (TPSA) is 86.3 Å². The molecule has 0 saturated carbocycles. The maximum Gasteiger partial charge on any atom is 0.264 e. The first-order chi connectivity index (χ1) is 11.2. The quantitative estimate of drug-likeness (QED) is 0.773. The number of nitrogens with one attached hydrogen (secondary N) is 1. The Morgan fingerprint density at radius 2 is 2.22 bits per heavy atom. The molecule has 1 saturated heterocycles. The molecule has 1 aromatic rings. The summed E-state index contributed by atoms with van der Waals surface area (Å²) in [6.45, 7) is 1.62. The standard InChI is InChI=1S/C16H21NO6/c18-6-8-22-16(5-7-20-11-16)10-17-15(19)14-9-21-12-3-1-2-4-13(12)23-14/h1-4,14,18H,5-11H2,(H,17,19). The van der Waals surface area contributed by atoms with Gasteiger partial charge in [-0.05, 0) is 12.1 Å². The van der Waals surface area contributed by atoms with Crippen molar-refractivity contribution in [1.82, 2.24) is 5.32 Å². The summed E-state index contributed by atoms with van der Waals surface area (Å²) in [7, 11) is 0. The second-order valence-corrected chi connectivity index (χ2v) is 5.64. The fourth-order valence-corrected chi connectivity index (χ4v) is 2.67. The summed E-state index contributed by atoms with van der Waals surface area (Å²) >= 11 is 0. The molecule has 2 aliphatic rings. The fraction of sp³-hybridized carbons (Fsp3) is 0.562. The third kappa shape index (κ3) is 3.74. The third-order valence-electron chi connectivity index (χ3n) is 3.95. The molecular formula is C16H21NO6. The van der Waals surface area contributed by atoms with Crippen LogP contribution in [0.5, 0.6) is 11.5 Å². The summed E-state index contributed by atoms with van der Waals surface area (Å²) in [5.41, 5.74) is -0.578. The van der Waals surface area contributed by atoms with E-state index in [0.717, 1.165) is 0 Å². The number of amides is 1. The smallest absolute Gasteiger partial charge is 0.264 e. The van der Waals surface area contributed by atoms with E-state index in [1.54, 1.807) is 12.1 Å². The Hall–Kier alpha value is -1.83. The van der Waals surface area contributed by atoms with Crippen molar-refractivity contribution < 1.29 is 28.8 Å². The second kappa shape index (κ2) is 7.16. The van der Waals surface area contributed by atoms with E-state index in [1.807, 2.05) is 12.1 Å². The number of para-hydroxylation sites is 2. The minimum absolute atomic E-state index is 0.0634. The van der Waals surface area contributed by atoms with E-state index in [4.69, 9.17) is 24.1 Å². The molecule has 7 nitrogen and oxygen atoms in total. The number of carbonyl (C=O) groups excluding carboxylic acids is 1. The molecule has 1 fully saturated rings. The van der Waals surface area contributed by atoms with Crippen LogP contribution in [0.1, 0.15) is 6.42 Å². The Morgan fingerprint density at radius 1 is 1.39 bits per heavy atom. The molecule has 3 rings (SSSR count). The van der Waals surface area contributed by atoms with Gasteiger partial charge in [-0.2, -0.15) is 0 Å². The van der Waals surface area contributed by atoms with Crippen molar-refractivity contribution in [2.75, 3.05) is 39.6 Å². The maximum atomic E-state index is 12.3. The number of hydrogen-bond donors (Lipinski definition) is 2. The van der Waals surface area contributed by atoms with Crippen molar-refractivity contribution in [2.24, 2.45) is 0 Å². The van der Waals surface area contributed by atoms with Gasteiger partial charge in [0.15, 0.2) is 11.5 Å². The zero-order valence-corrected chi connectivity index (χ0v) is 12.8. The van der Waals surface area contributed by atoms with Gasteiger partial charge in [-0.25, -0.2) is 0 Å². The van der Waals surface area contributed by atoms with Crippen molar-refractivity contribution in [2.45, 2.75) is 18.1 Å².